The molecule has 252 valence electrons. The summed E-state index contributed by atoms with van der Waals surface area (Å²) in [6.07, 6.45) is 0. The molecule has 0 atom stereocenters. The third-order valence-corrected chi connectivity index (χ3v) is 10.1. The van der Waals surface area contributed by atoms with Gasteiger partial charge in [0.15, 0.2) is 17.5 Å². The number of para-hydroxylation sites is 2. The van der Waals surface area contributed by atoms with Gasteiger partial charge in [-0.05, 0) is 64.4 Å². The van der Waals surface area contributed by atoms with Crippen molar-refractivity contribution >= 4 is 54.5 Å². The molecule has 3 aromatic heterocycles. The third-order valence-electron chi connectivity index (χ3n) is 10.1. The van der Waals surface area contributed by atoms with Gasteiger partial charge in [-0.2, -0.15) is 0 Å². The number of hydrogen-bond donors (Lipinski definition) is 0. The zero-order valence-corrected chi connectivity index (χ0v) is 28.6. The van der Waals surface area contributed by atoms with E-state index in [1.165, 1.54) is 5.39 Å². The normalized spacial score (nSPS) is 13.0. The van der Waals surface area contributed by atoms with Crippen molar-refractivity contribution in [3.8, 4) is 51.0 Å². The second-order valence-electron chi connectivity index (χ2n) is 13.3. The minimum absolute atomic E-state index is 0.0454. The Hall–Kier alpha value is -7.37. The summed E-state index contributed by atoms with van der Waals surface area (Å²) in [5.41, 5.74) is 7.31. The van der Waals surface area contributed by atoms with Gasteiger partial charge < -0.3 is 8.98 Å². The maximum absolute atomic E-state index is 8.85. The summed E-state index contributed by atoms with van der Waals surface area (Å²) < 4.78 is 51.9. The molecule has 0 radical (unpaired) electrons. The van der Waals surface area contributed by atoms with Gasteiger partial charge >= 0.3 is 0 Å². The second-order valence-corrected chi connectivity index (χ2v) is 13.3. The highest BCUT2D eigenvalue weighted by molar-refractivity contribution is 6.13. The maximum atomic E-state index is 8.85. The van der Waals surface area contributed by atoms with Gasteiger partial charge in [0, 0.05) is 38.4 Å². The highest BCUT2D eigenvalue weighted by atomic mass is 16.3. The molecule has 0 aliphatic rings. The Morgan fingerprint density at radius 1 is 0.444 bits per heavy atom. The van der Waals surface area contributed by atoms with Crippen molar-refractivity contribution in [2.24, 2.45) is 0 Å². The molecular formula is C49H30N4O. The second kappa shape index (κ2) is 12.1. The summed E-state index contributed by atoms with van der Waals surface area (Å²) >= 11 is 0. The van der Waals surface area contributed by atoms with E-state index < -0.39 is 30.2 Å². The van der Waals surface area contributed by atoms with E-state index in [0.29, 0.717) is 22.3 Å². The molecule has 11 rings (SSSR count). The van der Waals surface area contributed by atoms with Crippen LogP contribution in [-0.4, -0.2) is 19.5 Å². The lowest BCUT2D eigenvalue weighted by Crippen LogP contribution is -2.01. The number of benzene rings is 8. The van der Waals surface area contributed by atoms with E-state index in [-0.39, 0.29) is 23.0 Å². The Morgan fingerprint density at radius 3 is 1.85 bits per heavy atom. The van der Waals surface area contributed by atoms with Crippen LogP contribution < -0.4 is 0 Å². The predicted molar refractivity (Wildman–Crippen MR) is 221 cm³/mol. The minimum atomic E-state index is -0.493. The molecule has 0 N–H and O–H groups in total. The average molecular weight is 696 g/mol. The fourth-order valence-corrected chi connectivity index (χ4v) is 7.59. The summed E-state index contributed by atoms with van der Waals surface area (Å²) in [7, 11) is 0. The van der Waals surface area contributed by atoms with Gasteiger partial charge in [-0.3, -0.25) is 0 Å². The molecule has 0 bridgehead atoms. The first-order chi connectivity index (χ1) is 28.8. The van der Waals surface area contributed by atoms with E-state index in [9.17, 15) is 0 Å². The number of fused-ring (bicyclic) bond motifs is 7. The molecule has 0 fully saturated rings. The Kier molecular flexibility index (Phi) is 5.73. The summed E-state index contributed by atoms with van der Waals surface area (Å²) in [5.74, 6) is 0.459. The highest BCUT2D eigenvalue weighted by Gasteiger charge is 2.22. The Morgan fingerprint density at radius 2 is 1.07 bits per heavy atom. The third kappa shape index (κ3) is 4.90. The van der Waals surface area contributed by atoms with Gasteiger partial charge in [0.25, 0.3) is 0 Å². The van der Waals surface area contributed by atoms with Crippen molar-refractivity contribution in [1.82, 2.24) is 19.5 Å². The molecule has 8 aromatic carbocycles. The largest absolute Gasteiger partial charge is 0.455 e. The number of hydrogen-bond acceptors (Lipinski definition) is 4. The maximum Gasteiger partial charge on any atom is 0.167 e. The van der Waals surface area contributed by atoms with E-state index in [0.717, 1.165) is 54.8 Å². The lowest BCUT2D eigenvalue weighted by Gasteiger charge is -2.12. The molecule has 0 unspecified atom stereocenters. The van der Waals surface area contributed by atoms with Gasteiger partial charge in [-0.15, -0.1) is 0 Å². The van der Waals surface area contributed by atoms with Crippen LogP contribution >= 0.6 is 0 Å². The zero-order chi connectivity index (χ0) is 39.9. The number of rotatable bonds is 5. The summed E-state index contributed by atoms with van der Waals surface area (Å²) in [6, 6.07) is 48.9. The highest BCUT2D eigenvalue weighted by Crippen LogP contribution is 2.41. The van der Waals surface area contributed by atoms with E-state index in [1.54, 1.807) is 0 Å². The van der Waals surface area contributed by atoms with Crippen LogP contribution in [0, 0.1) is 0 Å². The van der Waals surface area contributed by atoms with Crippen molar-refractivity contribution in [1.29, 1.82) is 0 Å². The van der Waals surface area contributed by atoms with Crippen LogP contribution in [0.1, 0.15) is 6.85 Å². The first-order valence-electron chi connectivity index (χ1n) is 20.2. The Bertz CT molecular complexity index is 3440. The van der Waals surface area contributed by atoms with Crippen LogP contribution in [0.4, 0.5) is 0 Å². The molecule has 0 aliphatic carbocycles. The molecule has 0 spiro atoms. The van der Waals surface area contributed by atoms with Gasteiger partial charge in [0.2, 0.25) is 0 Å². The van der Waals surface area contributed by atoms with Crippen molar-refractivity contribution in [3.63, 3.8) is 0 Å². The van der Waals surface area contributed by atoms with Crippen LogP contribution in [0.5, 0.6) is 0 Å². The quantitative estimate of drug-likeness (QED) is 0.180. The fraction of sp³-hybridized carbons (Fsp3) is 0. The first kappa shape index (κ1) is 25.6. The van der Waals surface area contributed by atoms with Crippen LogP contribution in [0.2, 0.25) is 0 Å². The minimum Gasteiger partial charge on any atom is -0.455 e. The molecule has 5 heteroatoms. The van der Waals surface area contributed by atoms with E-state index in [2.05, 4.69) is 77.4 Å². The van der Waals surface area contributed by atoms with Crippen LogP contribution in [0.25, 0.3) is 105 Å². The molecule has 5 nitrogen and oxygen atoms in total. The predicted octanol–water partition coefficient (Wildman–Crippen LogP) is 12.7. The van der Waals surface area contributed by atoms with Gasteiger partial charge in [-0.25, -0.2) is 15.0 Å². The number of nitrogens with zero attached hydrogens (tertiary/aromatic N) is 4. The zero-order valence-electron chi connectivity index (χ0n) is 33.6. The molecule has 0 amide bonds. The van der Waals surface area contributed by atoms with E-state index in [1.807, 2.05) is 78.9 Å². The van der Waals surface area contributed by atoms with Crippen molar-refractivity contribution in [2.45, 2.75) is 0 Å². The van der Waals surface area contributed by atoms with E-state index >= 15 is 0 Å². The standard InChI is InChI=1S/C49H30N4O/c1-3-14-32(15-4-1)47-50-48(33-16-5-2-6-17-33)52-49(51-47)42-30-37(53-43-21-11-9-19-38(43)39-20-10-12-22-44(39)53)29-41-40-28-36(25-26-45(40)54-46(41)42)35-24-23-31-13-7-8-18-34(31)27-35/h1-30H/i1D,3D,4D,14D,15D. The Labute approximate surface area is 317 Å². The number of aromatic nitrogens is 4. The van der Waals surface area contributed by atoms with Gasteiger partial charge in [0.1, 0.15) is 11.2 Å². The molecule has 11 aromatic rings. The molecule has 54 heavy (non-hydrogen) atoms. The molecule has 0 saturated carbocycles. The molecule has 0 saturated heterocycles. The fourth-order valence-electron chi connectivity index (χ4n) is 7.59. The molecule has 0 aliphatic heterocycles. The summed E-state index contributed by atoms with van der Waals surface area (Å²) in [5, 5.41) is 6.27. The lowest BCUT2D eigenvalue weighted by molar-refractivity contribution is 0.669. The lowest BCUT2D eigenvalue weighted by atomic mass is 9.99. The van der Waals surface area contributed by atoms with Crippen LogP contribution in [0.15, 0.2) is 186 Å². The monoisotopic (exact) mass is 695 g/mol. The van der Waals surface area contributed by atoms with Crippen LogP contribution in [-0.2, 0) is 0 Å². The van der Waals surface area contributed by atoms with Crippen molar-refractivity contribution < 1.29 is 11.3 Å². The first-order valence-corrected chi connectivity index (χ1v) is 17.7. The van der Waals surface area contributed by atoms with E-state index in [4.69, 9.17) is 26.2 Å². The van der Waals surface area contributed by atoms with Crippen molar-refractivity contribution in [2.75, 3.05) is 0 Å². The summed E-state index contributed by atoms with van der Waals surface area (Å²) in [4.78, 5) is 14.7. The van der Waals surface area contributed by atoms with Crippen molar-refractivity contribution in [3.05, 3.63) is 182 Å². The Balaban J connectivity index is 1.24. The summed E-state index contributed by atoms with van der Waals surface area (Å²) in [6.45, 7) is 0. The van der Waals surface area contributed by atoms with Gasteiger partial charge in [0.05, 0.1) is 23.5 Å². The van der Waals surface area contributed by atoms with Gasteiger partial charge in [-0.1, -0.05) is 139 Å². The average Bonchev–Trinajstić information content (AvgIpc) is 3.83. The molecular weight excluding hydrogens is 661 g/mol. The topological polar surface area (TPSA) is 56.7 Å². The number of furan rings is 1. The smallest absolute Gasteiger partial charge is 0.167 e. The van der Waals surface area contributed by atoms with Crippen LogP contribution in [0.3, 0.4) is 0 Å². The SMILES string of the molecule is [2H]c1c([2H])c([2H])c(-c2nc(-c3ccccc3)nc(-c3cc(-n4c5ccccc5c5ccccc54)cc4c3oc3ccc(-c5ccc6ccccc6c5)cc34)n2)c([2H])c1[2H]. The molecule has 3 heterocycles.